The number of nitriles is 1. The lowest BCUT2D eigenvalue weighted by Gasteiger charge is -2.12. The molecule has 2 aromatic rings. The first-order chi connectivity index (χ1) is 15.2. The van der Waals surface area contributed by atoms with Crippen LogP contribution >= 0.6 is 11.8 Å². The summed E-state index contributed by atoms with van der Waals surface area (Å²) in [6.45, 7) is 2.23. The maximum absolute atomic E-state index is 13.0. The summed E-state index contributed by atoms with van der Waals surface area (Å²) in [6, 6.07) is 19.3. The average molecular weight is 436 g/mol. The van der Waals surface area contributed by atoms with Gasteiger partial charge in [-0.1, -0.05) is 106 Å². The highest BCUT2D eigenvalue weighted by Gasteiger charge is 2.19. The zero-order valence-electron chi connectivity index (χ0n) is 18.7. The largest absolute Gasteiger partial charge is 0.497 e. The van der Waals surface area contributed by atoms with Crippen molar-refractivity contribution in [1.82, 2.24) is 0 Å². The fourth-order valence-electron chi connectivity index (χ4n) is 3.49. The van der Waals surface area contributed by atoms with E-state index in [0.717, 1.165) is 35.5 Å². The molecule has 31 heavy (non-hydrogen) atoms. The summed E-state index contributed by atoms with van der Waals surface area (Å²) < 4.78 is 5.25. The van der Waals surface area contributed by atoms with Gasteiger partial charge in [0.25, 0.3) is 0 Å². The molecule has 0 aliphatic heterocycles. The van der Waals surface area contributed by atoms with E-state index in [0.29, 0.717) is 5.57 Å². The van der Waals surface area contributed by atoms with E-state index in [1.54, 1.807) is 7.11 Å². The maximum atomic E-state index is 13.0. The zero-order chi connectivity index (χ0) is 22.3. The molecule has 0 unspecified atom stereocenters. The molecule has 0 fully saturated rings. The Morgan fingerprint density at radius 2 is 1.45 bits per heavy atom. The Hall–Kier alpha value is -2.51. The summed E-state index contributed by atoms with van der Waals surface area (Å²) in [4.78, 5) is 13.0. The van der Waals surface area contributed by atoms with E-state index >= 15 is 0 Å². The van der Waals surface area contributed by atoms with Crippen molar-refractivity contribution in [1.29, 1.82) is 5.26 Å². The number of unbranched alkanes of at least 4 members (excludes halogenated alkanes) is 7. The first kappa shape index (κ1) is 24.8. The Bertz CT molecular complexity index is 866. The van der Waals surface area contributed by atoms with Gasteiger partial charge in [0.1, 0.15) is 17.4 Å². The van der Waals surface area contributed by atoms with E-state index in [2.05, 4.69) is 13.0 Å². The Labute approximate surface area is 191 Å². The molecular formula is C27H33NO2S. The van der Waals surface area contributed by atoms with Crippen molar-refractivity contribution < 1.29 is 9.53 Å². The highest BCUT2D eigenvalue weighted by atomic mass is 32.2. The normalized spacial score (nSPS) is 11.5. The second-order valence-electron chi connectivity index (χ2n) is 7.57. The predicted octanol–water partition coefficient (Wildman–Crippen LogP) is 7.42. The van der Waals surface area contributed by atoms with Gasteiger partial charge in [-0.05, 0) is 29.7 Å². The van der Waals surface area contributed by atoms with Gasteiger partial charge in [0.05, 0.1) is 7.11 Å². The second-order valence-corrected chi connectivity index (χ2v) is 8.63. The number of benzene rings is 2. The highest BCUT2D eigenvalue weighted by Crippen LogP contribution is 2.30. The summed E-state index contributed by atoms with van der Waals surface area (Å²) in [6.07, 6.45) is 9.88. The number of methoxy groups -OCH3 is 1. The molecule has 0 heterocycles. The van der Waals surface area contributed by atoms with Crippen LogP contribution in [0.5, 0.6) is 5.75 Å². The lowest BCUT2D eigenvalue weighted by molar-refractivity contribution is -0.107. The molecule has 0 saturated carbocycles. The standard InChI is InChI=1S/C27H33NO2S/c1-3-4-5-6-7-8-9-13-20-31-27(29)25(21-28)26(22-14-11-10-12-15-22)23-16-18-24(30-2)19-17-23/h10-12,14-19H,3-9,13,20H2,1-2H3/b26-25+. The summed E-state index contributed by atoms with van der Waals surface area (Å²) in [5.74, 6) is 1.49. The molecule has 4 heteroatoms. The molecule has 0 saturated heterocycles. The van der Waals surface area contributed by atoms with Crippen molar-refractivity contribution in [2.75, 3.05) is 12.9 Å². The number of thioether (sulfide) groups is 1. The molecule has 0 amide bonds. The van der Waals surface area contributed by atoms with Gasteiger partial charge in [0.2, 0.25) is 5.12 Å². The molecule has 3 nitrogen and oxygen atoms in total. The van der Waals surface area contributed by atoms with Gasteiger partial charge in [-0.15, -0.1) is 0 Å². The van der Waals surface area contributed by atoms with Crippen LogP contribution in [0.25, 0.3) is 5.57 Å². The molecular weight excluding hydrogens is 402 g/mol. The fourth-order valence-corrected chi connectivity index (χ4v) is 4.32. The topological polar surface area (TPSA) is 50.1 Å². The van der Waals surface area contributed by atoms with E-state index in [-0.39, 0.29) is 10.7 Å². The molecule has 0 spiro atoms. The van der Waals surface area contributed by atoms with Crippen LogP contribution in [0.1, 0.15) is 69.4 Å². The van der Waals surface area contributed by atoms with Crippen LogP contribution in [0.4, 0.5) is 0 Å². The van der Waals surface area contributed by atoms with Crippen molar-refractivity contribution in [3.8, 4) is 11.8 Å². The quantitative estimate of drug-likeness (QED) is 0.187. The number of carbonyl (C=O) groups is 1. The van der Waals surface area contributed by atoms with Gasteiger partial charge in [0, 0.05) is 11.3 Å². The van der Waals surface area contributed by atoms with Crippen LogP contribution in [0.3, 0.4) is 0 Å². The fraction of sp³-hybridized carbons (Fsp3) is 0.407. The lowest BCUT2D eigenvalue weighted by Crippen LogP contribution is -2.03. The predicted molar refractivity (Wildman–Crippen MR) is 131 cm³/mol. The number of rotatable bonds is 13. The zero-order valence-corrected chi connectivity index (χ0v) is 19.5. The van der Waals surface area contributed by atoms with Gasteiger partial charge in [-0.25, -0.2) is 0 Å². The van der Waals surface area contributed by atoms with E-state index < -0.39 is 0 Å². The van der Waals surface area contributed by atoms with Gasteiger partial charge in [0.15, 0.2) is 0 Å². The molecule has 164 valence electrons. The van der Waals surface area contributed by atoms with Crippen molar-refractivity contribution in [2.45, 2.75) is 58.3 Å². The van der Waals surface area contributed by atoms with Crippen molar-refractivity contribution in [3.05, 3.63) is 71.3 Å². The number of nitrogens with zero attached hydrogens (tertiary/aromatic N) is 1. The van der Waals surface area contributed by atoms with E-state index in [4.69, 9.17) is 4.74 Å². The summed E-state index contributed by atoms with van der Waals surface area (Å²) in [5, 5.41) is 9.71. The Morgan fingerprint density at radius 3 is 2.03 bits per heavy atom. The number of hydrogen-bond acceptors (Lipinski definition) is 4. The van der Waals surface area contributed by atoms with Crippen molar-refractivity contribution in [2.24, 2.45) is 0 Å². The molecule has 0 bridgehead atoms. The number of ether oxygens (including phenoxy) is 1. The van der Waals surface area contributed by atoms with Gasteiger partial charge < -0.3 is 4.74 Å². The Morgan fingerprint density at radius 1 is 0.871 bits per heavy atom. The van der Waals surface area contributed by atoms with E-state index in [1.807, 2.05) is 54.6 Å². The summed E-state index contributed by atoms with van der Waals surface area (Å²) in [7, 11) is 1.62. The molecule has 0 radical (unpaired) electrons. The Balaban J connectivity index is 2.06. The monoisotopic (exact) mass is 435 g/mol. The third-order valence-corrected chi connectivity index (χ3v) is 6.20. The van der Waals surface area contributed by atoms with Gasteiger partial charge in [-0.2, -0.15) is 5.26 Å². The van der Waals surface area contributed by atoms with Gasteiger partial charge >= 0.3 is 0 Å². The molecule has 0 N–H and O–H groups in total. The molecule has 2 aromatic carbocycles. The molecule has 0 aliphatic carbocycles. The molecule has 0 atom stereocenters. The van der Waals surface area contributed by atoms with Crippen LogP contribution < -0.4 is 4.74 Å². The van der Waals surface area contributed by atoms with Crippen LogP contribution in [0, 0.1) is 11.3 Å². The van der Waals surface area contributed by atoms with Crippen LogP contribution in [0.2, 0.25) is 0 Å². The average Bonchev–Trinajstić information content (AvgIpc) is 2.82. The first-order valence-corrected chi connectivity index (χ1v) is 12.2. The molecule has 2 rings (SSSR count). The van der Waals surface area contributed by atoms with Gasteiger partial charge in [-0.3, -0.25) is 4.79 Å². The lowest BCUT2D eigenvalue weighted by atomic mass is 9.94. The minimum Gasteiger partial charge on any atom is -0.497 e. The third kappa shape index (κ3) is 8.26. The minimum atomic E-state index is -0.153. The van der Waals surface area contributed by atoms with Crippen LogP contribution in [0.15, 0.2) is 60.2 Å². The summed E-state index contributed by atoms with van der Waals surface area (Å²) in [5.41, 5.74) is 2.59. The van der Waals surface area contributed by atoms with E-state index in [9.17, 15) is 10.1 Å². The minimum absolute atomic E-state index is 0.153. The van der Waals surface area contributed by atoms with Crippen molar-refractivity contribution >= 4 is 22.5 Å². The Kier molecular flexibility index (Phi) is 11.6. The first-order valence-electron chi connectivity index (χ1n) is 11.2. The van der Waals surface area contributed by atoms with Crippen LogP contribution in [-0.2, 0) is 4.79 Å². The molecule has 0 aliphatic rings. The second kappa shape index (κ2) is 14.5. The summed E-state index contributed by atoms with van der Waals surface area (Å²) >= 11 is 1.26. The van der Waals surface area contributed by atoms with E-state index in [1.165, 1.54) is 50.3 Å². The number of hydrogen-bond donors (Lipinski definition) is 0. The number of carbonyl (C=O) groups excluding carboxylic acids is 1. The highest BCUT2D eigenvalue weighted by molar-refractivity contribution is 8.14. The SMILES string of the molecule is CCCCCCCCCCSC(=O)/C(C#N)=C(\c1ccccc1)c1ccc(OC)cc1. The third-order valence-electron chi connectivity index (χ3n) is 5.24. The maximum Gasteiger partial charge on any atom is 0.230 e. The molecule has 0 aromatic heterocycles. The van der Waals surface area contributed by atoms with Crippen LogP contribution in [-0.4, -0.2) is 18.0 Å². The smallest absolute Gasteiger partial charge is 0.230 e. The van der Waals surface area contributed by atoms with Crippen molar-refractivity contribution in [3.63, 3.8) is 0 Å².